The highest BCUT2D eigenvalue weighted by molar-refractivity contribution is 6.13. The average Bonchev–Trinajstić information content (AvgIpc) is 2.55. The van der Waals surface area contributed by atoms with Gasteiger partial charge in [0.25, 0.3) is 0 Å². The molecule has 0 saturated carbocycles. The minimum atomic E-state index is -0.294. The molecule has 0 atom stereocenters. The molecule has 5 heteroatoms. The fourth-order valence-corrected chi connectivity index (χ4v) is 2.31. The van der Waals surface area contributed by atoms with Crippen LogP contribution in [-0.4, -0.2) is 32.2 Å². The third-order valence-electron chi connectivity index (χ3n) is 3.31. The number of methoxy groups -OCH3 is 3. The van der Waals surface area contributed by atoms with E-state index in [1.165, 1.54) is 27.4 Å². The first-order valence-corrected chi connectivity index (χ1v) is 6.69. The molecule has 2 aromatic carbocycles. The lowest BCUT2D eigenvalue weighted by molar-refractivity contribution is 0.102. The standard InChI is InChI=1S/C17H18O5/c1-20-10-11-8-9-13(18)17(22-3)15(11)16(19)12-6-4-5-7-14(12)21-2/h4-9,18H,10H2,1-3H3. The number of rotatable bonds is 6. The number of ether oxygens (including phenoxy) is 3. The summed E-state index contributed by atoms with van der Waals surface area (Å²) in [7, 11) is 4.45. The lowest BCUT2D eigenvalue weighted by Gasteiger charge is -2.15. The van der Waals surface area contributed by atoms with Crippen molar-refractivity contribution in [1.29, 1.82) is 0 Å². The largest absolute Gasteiger partial charge is 0.504 e. The highest BCUT2D eigenvalue weighted by atomic mass is 16.5. The van der Waals surface area contributed by atoms with Crippen LogP contribution in [0.2, 0.25) is 0 Å². The van der Waals surface area contributed by atoms with E-state index in [1.807, 2.05) is 0 Å². The second-order valence-electron chi connectivity index (χ2n) is 4.61. The highest BCUT2D eigenvalue weighted by Gasteiger charge is 2.24. The summed E-state index contributed by atoms with van der Waals surface area (Å²) in [5.74, 6) is 0.199. The van der Waals surface area contributed by atoms with Gasteiger partial charge in [-0.3, -0.25) is 4.79 Å². The molecule has 2 aromatic rings. The molecule has 0 saturated heterocycles. The Balaban J connectivity index is 2.63. The Morgan fingerprint density at radius 1 is 1.05 bits per heavy atom. The number of ketones is 1. The number of carbonyl (C=O) groups excluding carboxylic acids is 1. The van der Waals surface area contributed by atoms with E-state index in [2.05, 4.69) is 0 Å². The predicted octanol–water partition coefficient (Wildman–Crippen LogP) is 2.79. The average molecular weight is 302 g/mol. The van der Waals surface area contributed by atoms with Gasteiger partial charge in [-0.25, -0.2) is 0 Å². The molecule has 22 heavy (non-hydrogen) atoms. The fourth-order valence-electron chi connectivity index (χ4n) is 2.31. The molecule has 116 valence electrons. The van der Waals surface area contributed by atoms with Gasteiger partial charge in [0.2, 0.25) is 5.78 Å². The minimum Gasteiger partial charge on any atom is -0.504 e. The van der Waals surface area contributed by atoms with E-state index in [1.54, 1.807) is 30.3 Å². The number of phenols is 1. The van der Waals surface area contributed by atoms with Crippen molar-refractivity contribution in [2.24, 2.45) is 0 Å². The Morgan fingerprint density at radius 3 is 2.41 bits per heavy atom. The van der Waals surface area contributed by atoms with E-state index in [4.69, 9.17) is 14.2 Å². The molecule has 0 aliphatic rings. The molecule has 0 amide bonds. The zero-order valence-electron chi connectivity index (χ0n) is 12.8. The Morgan fingerprint density at radius 2 is 1.77 bits per heavy atom. The first kappa shape index (κ1) is 15.9. The second-order valence-corrected chi connectivity index (χ2v) is 4.61. The molecule has 0 aromatic heterocycles. The van der Waals surface area contributed by atoms with E-state index in [9.17, 15) is 9.90 Å². The van der Waals surface area contributed by atoms with Crippen LogP contribution in [-0.2, 0) is 11.3 Å². The van der Waals surface area contributed by atoms with Gasteiger partial charge in [-0.15, -0.1) is 0 Å². The van der Waals surface area contributed by atoms with Crippen molar-refractivity contribution in [1.82, 2.24) is 0 Å². The van der Waals surface area contributed by atoms with Gasteiger partial charge in [-0.2, -0.15) is 0 Å². The summed E-state index contributed by atoms with van der Waals surface area (Å²) in [4.78, 5) is 12.9. The van der Waals surface area contributed by atoms with Crippen LogP contribution in [0.15, 0.2) is 36.4 Å². The van der Waals surface area contributed by atoms with Gasteiger partial charge >= 0.3 is 0 Å². The number of hydrogen-bond donors (Lipinski definition) is 1. The van der Waals surface area contributed by atoms with Crippen LogP contribution in [0.1, 0.15) is 21.5 Å². The maximum Gasteiger partial charge on any atom is 0.200 e. The number of phenolic OH excluding ortho intramolecular Hbond substituents is 1. The molecular weight excluding hydrogens is 284 g/mol. The molecule has 0 spiro atoms. The van der Waals surface area contributed by atoms with Gasteiger partial charge in [0.05, 0.1) is 32.0 Å². The maximum atomic E-state index is 12.9. The first-order valence-electron chi connectivity index (χ1n) is 6.69. The lowest BCUT2D eigenvalue weighted by Crippen LogP contribution is -2.10. The zero-order valence-corrected chi connectivity index (χ0v) is 12.8. The normalized spacial score (nSPS) is 10.3. The van der Waals surface area contributed by atoms with Gasteiger partial charge in [0.15, 0.2) is 11.5 Å². The number of aromatic hydroxyl groups is 1. The van der Waals surface area contributed by atoms with Crippen molar-refractivity contribution in [2.75, 3.05) is 21.3 Å². The van der Waals surface area contributed by atoms with E-state index < -0.39 is 0 Å². The molecule has 5 nitrogen and oxygen atoms in total. The van der Waals surface area contributed by atoms with Crippen LogP contribution in [0.4, 0.5) is 0 Å². The summed E-state index contributed by atoms with van der Waals surface area (Å²) in [6, 6.07) is 10.0. The fraction of sp³-hybridized carbons (Fsp3) is 0.235. The molecule has 0 aliphatic heterocycles. The number of benzene rings is 2. The van der Waals surface area contributed by atoms with Gasteiger partial charge in [0.1, 0.15) is 5.75 Å². The van der Waals surface area contributed by atoms with E-state index in [0.717, 1.165) is 0 Å². The molecule has 2 rings (SSSR count). The maximum absolute atomic E-state index is 12.9. The van der Waals surface area contributed by atoms with Crippen molar-refractivity contribution in [2.45, 2.75) is 6.61 Å². The first-order chi connectivity index (χ1) is 10.6. The van der Waals surface area contributed by atoms with Gasteiger partial charge in [0, 0.05) is 7.11 Å². The van der Waals surface area contributed by atoms with Crippen molar-refractivity contribution in [3.63, 3.8) is 0 Å². The zero-order chi connectivity index (χ0) is 16.1. The summed E-state index contributed by atoms with van der Waals surface area (Å²) < 4.78 is 15.6. The lowest BCUT2D eigenvalue weighted by atomic mass is 9.96. The molecule has 0 heterocycles. The van der Waals surface area contributed by atoms with Crippen molar-refractivity contribution >= 4 is 5.78 Å². The number of hydrogen-bond acceptors (Lipinski definition) is 5. The molecule has 0 bridgehead atoms. The molecule has 0 radical (unpaired) electrons. The van der Waals surface area contributed by atoms with Crippen LogP contribution in [0.25, 0.3) is 0 Å². The van der Waals surface area contributed by atoms with Gasteiger partial charge in [-0.1, -0.05) is 18.2 Å². The Kier molecular flexibility index (Phi) is 5.01. The SMILES string of the molecule is COCc1ccc(O)c(OC)c1C(=O)c1ccccc1OC. The Bertz CT molecular complexity index is 679. The molecular formula is C17H18O5. The number of carbonyl (C=O) groups is 1. The molecule has 1 N–H and O–H groups in total. The quantitative estimate of drug-likeness (QED) is 0.831. The summed E-state index contributed by atoms with van der Waals surface area (Å²) in [5, 5.41) is 9.96. The third-order valence-corrected chi connectivity index (χ3v) is 3.31. The highest BCUT2D eigenvalue weighted by Crippen LogP contribution is 2.35. The monoisotopic (exact) mass is 302 g/mol. The topological polar surface area (TPSA) is 65.0 Å². The molecule has 0 fully saturated rings. The molecule has 0 aliphatic carbocycles. The van der Waals surface area contributed by atoms with Crippen LogP contribution >= 0.6 is 0 Å². The third kappa shape index (κ3) is 2.89. The van der Waals surface area contributed by atoms with Crippen LogP contribution in [0.3, 0.4) is 0 Å². The van der Waals surface area contributed by atoms with Crippen LogP contribution in [0, 0.1) is 0 Å². The summed E-state index contributed by atoms with van der Waals surface area (Å²) in [6.45, 7) is 0.229. The van der Waals surface area contributed by atoms with Crippen LogP contribution < -0.4 is 9.47 Å². The second kappa shape index (κ2) is 6.95. The predicted molar refractivity (Wildman–Crippen MR) is 81.8 cm³/mol. The Labute approximate surface area is 129 Å². The Hall–Kier alpha value is -2.53. The molecule has 0 unspecified atom stereocenters. The van der Waals surface area contributed by atoms with Crippen molar-refractivity contribution in [3.05, 3.63) is 53.1 Å². The number of para-hydroxylation sites is 1. The van der Waals surface area contributed by atoms with Gasteiger partial charge in [-0.05, 0) is 23.8 Å². The van der Waals surface area contributed by atoms with Crippen molar-refractivity contribution in [3.8, 4) is 17.2 Å². The van der Waals surface area contributed by atoms with E-state index in [0.29, 0.717) is 16.9 Å². The van der Waals surface area contributed by atoms with Crippen molar-refractivity contribution < 1.29 is 24.1 Å². The van der Waals surface area contributed by atoms with E-state index in [-0.39, 0.29) is 29.5 Å². The minimum absolute atomic E-state index is 0.0967. The van der Waals surface area contributed by atoms with E-state index >= 15 is 0 Å². The van der Waals surface area contributed by atoms with Crippen LogP contribution in [0.5, 0.6) is 17.2 Å². The smallest absolute Gasteiger partial charge is 0.200 e. The summed E-state index contributed by atoms with van der Waals surface area (Å²) in [5.41, 5.74) is 1.30. The van der Waals surface area contributed by atoms with Gasteiger partial charge < -0.3 is 19.3 Å². The summed E-state index contributed by atoms with van der Waals surface area (Å²) >= 11 is 0. The summed E-state index contributed by atoms with van der Waals surface area (Å²) in [6.07, 6.45) is 0.